The predicted molar refractivity (Wildman–Crippen MR) is 77.4 cm³/mol. The molecular weight excluding hydrogens is 276 g/mol. The van der Waals surface area contributed by atoms with E-state index in [9.17, 15) is 8.78 Å². The van der Waals surface area contributed by atoms with Crippen LogP contribution in [0.4, 0.5) is 14.5 Å². The normalized spacial score (nSPS) is 11.5. The molecule has 0 spiro atoms. The number of aryl methyl sites for hydroxylation is 1. The summed E-state index contributed by atoms with van der Waals surface area (Å²) in [6, 6.07) is 8.66. The van der Waals surface area contributed by atoms with Crippen LogP contribution in [-0.2, 0) is 6.54 Å². The number of rotatable bonds is 4. The Balaban J connectivity index is 2.13. The van der Waals surface area contributed by atoms with Crippen LogP contribution in [0.25, 0.3) is 0 Å². The maximum absolute atomic E-state index is 13.9. The van der Waals surface area contributed by atoms with E-state index < -0.39 is 5.82 Å². The lowest BCUT2D eigenvalue weighted by Crippen LogP contribution is -2.14. The van der Waals surface area contributed by atoms with Gasteiger partial charge in [0, 0.05) is 23.4 Å². The smallest absolute Gasteiger partial charge is 0.170 e. The summed E-state index contributed by atoms with van der Waals surface area (Å²) in [4.78, 5) is 0. The Hall–Kier alpha value is -2.63. The average Bonchev–Trinajstić information content (AvgIpc) is 2.46. The number of hydrogen-bond acceptors (Lipinski definition) is 3. The van der Waals surface area contributed by atoms with Crippen molar-refractivity contribution >= 4 is 11.5 Å². The molecule has 4 N–H and O–H groups in total. The quantitative estimate of drug-likeness (QED) is 0.351. The largest absolute Gasteiger partial charge is 0.409 e. The van der Waals surface area contributed by atoms with Crippen LogP contribution >= 0.6 is 0 Å². The molecule has 2 aromatic rings. The van der Waals surface area contributed by atoms with Crippen molar-refractivity contribution in [2.24, 2.45) is 10.9 Å². The monoisotopic (exact) mass is 291 g/mol. The Bertz CT molecular complexity index is 687. The molecule has 0 unspecified atom stereocenters. The summed E-state index contributed by atoms with van der Waals surface area (Å²) in [5.41, 5.74) is 7.59. The fourth-order valence-electron chi connectivity index (χ4n) is 1.92. The highest BCUT2D eigenvalue weighted by molar-refractivity contribution is 5.97. The molecule has 0 amide bonds. The van der Waals surface area contributed by atoms with Gasteiger partial charge < -0.3 is 16.3 Å². The van der Waals surface area contributed by atoms with E-state index in [1.807, 2.05) is 0 Å². The van der Waals surface area contributed by atoms with Gasteiger partial charge in [-0.15, -0.1) is 0 Å². The van der Waals surface area contributed by atoms with Crippen molar-refractivity contribution in [1.82, 2.24) is 0 Å². The zero-order valence-corrected chi connectivity index (χ0v) is 11.4. The van der Waals surface area contributed by atoms with Gasteiger partial charge >= 0.3 is 0 Å². The van der Waals surface area contributed by atoms with Crippen molar-refractivity contribution in [3.8, 4) is 0 Å². The zero-order chi connectivity index (χ0) is 15.4. The van der Waals surface area contributed by atoms with Crippen LogP contribution in [0.15, 0.2) is 41.6 Å². The molecule has 0 atom stereocenters. The van der Waals surface area contributed by atoms with Crippen LogP contribution in [-0.4, -0.2) is 11.0 Å². The fraction of sp³-hybridized carbons (Fsp3) is 0.133. The number of amidine groups is 1. The molecule has 0 saturated heterocycles. The Morgan fingerprint density at radius 3 is 2.62 bits per heavy atom. The van der Waals surface area contributed by atoms with Crippen molar-refractivity contribution in [3.05, 3.63) is 64.7 Å². The SMILES string of the molecule is Cc1cc(F)ccc1NCc1ccc(C(N)=NO)cc1F. The van der Waals surface area contributed by atoms with Crippen LogP contribution in [0.5, 0.6) is 0 Å². The van der Waals surface area contributed by atoms with E-state index in [1.54, 1.807) is 25.1 Å². The van der Waals surface area contributed by atoms with Gasteiger partial charge in [0.05, 0.1) is 0 Å². The molecule has 0 aliphatic heterocycles. The van der Waals surface area contributed by atoms with E-state index >= 15 is 0 Å². The summed E-state index contributed by atoms with van der Waals surface area (Å²) >= 11 is 0. The number of hydrogen-bond donors (Lipinski definition) is 3. The van der Waals surface area contributed by atoms with Crippen LogP contribution in [0.3, 0.4) is 0 Å². The Morgan fingerprint density at radius 2 is 2.00 bits per heavy atom. The lowest BCUT2D eigenvalue weighted by atomic mass is 10.1. The Kier molecular flexibility index (Phi) is 4.37. The summed E-state index contributed by atoms with van der Waals surface area (Å²) in [7, 11) is 0. The molecule has 4 nitrogen and oxygen atoms in total. The minimum Gasteiger partial charge on any atom is -0.409 e. The van der Waals surface area contributed by atoms with Gasteiger partial charge in [0.1, 0.15) is 11.6 Å². The first-order valence-corrected chi connectivity index (χ1v) is 6.27. The molecule has 6 heteroatoms. The van der Waals surface area contributed by atoms with Gasteiger partial charge in [-0.1, -0.05) is 17.3 Å². The minimum absolute atomic E-state index is 0.150. The second-order valence-corrected chi connectivity index (χ2v) is 4.60. The lowest BCUT2D eigenvalue weighted by Gasteiger charge is -2.11. The van der Waals surface area contributed by atoms with Crippen LogP contribution in [0, 0.1) is 18.6 Å². The van der Waals surface area contributed by atoms with E-state index in [2.05, 4.69) is 10.5 Å². The Labute approximate surface area is 120 Å². The molecule has 0 aliphatic carbocycles. The number of oxime groups is 1. The molecule has 0 aromatic heterocycles. The lowest BCUT2D eigenvalue weighted by molar-refractivity contribution is 0.318. The first-order valence-electron chi connectivity index (χ1n) is 6.27. The summed E-state index contributed by atoms with van der Waals surface area (Å²) in [6.07, 6.45) is 0. The number of nitrogens with one attached hydrogen (secondary N) is 1. The minimum atomic E-state index is -0.466. The third-order valence-electron chi connectivity index (χ3n) is 3.11. The molecule has 0 heterocycles. The van der Waals surface area contributed by atoms with E-state index in [1.165, 1.54) is 18.2 Å². The molecular formula is C15H15F2N3O. The van der Waals surface area contributed by atoms with Crippen LogP contribution < -0.4 is 11.1 Å². The second-order valence-electron chi connectivity index (χ2n) is 4.60. The number of anilines is 1. The number of benzene rings is 2. The van der Waals surface area contributed by atoms with Gasteiger partial charge in [-0.25, -0.2) is 8.78 Å². The number of nitrogens with zero attached hydrogens (tertiary/aromatic N) is 1. The second kappa shape index (κ2) is 6.21. The molecule has 0 aliphatic rings. The van der Waals surface area contributed by atoms with Gasteiger partial charge in [-0.2, -0.15) is 0 Å². The van der Waals surface area contributed by atoms with Crippen molar-refractivity contribution in [2.45, 2.75) is 13.5 Å². The third-order valence-corrected chi connectivity index (χ3v) is 3.11. The van der Waals surface area contributed by atoms with Gasteiger partial charge in [0.15, 0.2) is 5.84 Å². The molecule has 0 fully saturated rings. The third kappa shape index (κ3) is 3.47. The first kappa shape index (κ1) is 14.8. The standard InChI is InChI=1S/C15H15F2N3O/c1-9-6-12(16)4-5-14(9)19-8-11-3-2-10(7-13(11)17)15(18)20-21/h2-7,19,21H,8H2,1H3,(H2,18,20). The summed E-state index contributed by atoms with van der Waals surface area (Å²) in [6.45, 7) is 2.01. The van der Waals surface area contributed by atoms with Crippen LogP contribution in [0.1, 0.15) is 16.7 Å². The van der Waals surface area contributed by atoms with E-state index in [0.717, 1.165) is 11.3 Å². The van der Waals surface area contributed by atoms with Crippen molar-refractivity contribution in [1.29, 1.82) is 0 Å². The summed E-state index contributed by atoms with van der Waals surface area (Å²) in [5.74, 6) is -0.929. The first-order chi connectivity index (χ1) is 10.0. The van der Waals surface area contributed by atoms with E-state index in [0.29, 0.717) is 11.1 Å². The Morgan fingerprint density at radius 1 is 1.24 bits per heavy atom. The fourth-order valence-corrected chi connectivity index (χ4v) is 1.92. The molecule has 0 saturated carbocycles. The molecule has 21 heavy (non-hydrogen) atoms. The molecule has 0 radical (unpaired) electrons. The highest BCUT2D eigenvalue weighted by atomic mass is 19.1. The summed E-state index contributed by atoms with van der Waals surface area (Å²) < 4.78 is 26.9. The predicted octanol–water partition coefficient (Wildman–Crippen LogP) is 2.98. The maximum Gasteiger partial charge on any atom is 0.170 e. The maximum atomic E-state index is 13.9. The molecule has 110 valence electrons. The number of halogens is 2. The molecule has 2 aromatic carbocycles. The van der Waals surface area contributed by atoms with Gasteiger partial charge in [-0.3, -0.25) is 0 Å². The van der Waals surface area contributed by atoms with Gasteiger partial charge in [0.2, 0.25) is 0 Å². The topological polar surface area (TPSA) is 70.6 Å². The van der Waals surface area contributed by atoms with Crippen molar-refractivity contribution in [2.75, 3.05) is 5.32 Å². The average molecular weight is 291 g/mol. The van der Waals surface area contributed by atoms with Gasteiger partial charge in [0.25, 0.3) is 0 Å². The van der Waals surface area contributed by atoms with Gasteiger partial charge in [-0.05, 0) is 36.8 Å². The molecule has 0 bridgehead atoms. The highest BCUT2D eigenvalue weighted by Crippen LogP contribution is 2.18. The zero-order valence-electron chi connectivity index (χ0n) is 11.4. The highest BCUT2D eigenvalue weighted by Gasteiger charge is 2.07. The van der Waals surface area contributed by atoms with E-state index in [4.69, 9.17) is 10.9 Å². The summed E-state index contributed by atoms with van der Waals surface area (Å²) in [5, 5.41) is 14.4. The van der Waals surface area contributed by atoms with Crippen molar-refractivity contribution in [3.63, 3.8) is 0 Å². The molecule has 2 rings (SSSR count). The number of nitrogens with two attached hydrogens (primary N) is 1. The van der Waals surface area contributed by atoms with Crippen molar-refractivity contribution < 1.29 is 14.0 Å². The van der Waals surface area contributed by atoms with E-state index in [-0.39, 0.29) is 18.2 Å². The van der Waals surface area contributed by atoms with Crippen LogP contribution in [0.2, 0.25) is 0 Å².